The minimum absolute atomic E-state index is 0.637. The highest BCUT2D eigenvalue weighted by molar-refractivity contribution is 5.08. The molecule has 1 fully saturated rings. The van der Waals surface area contributed by atoms with Gasteiger partial charge in [0.1, 0.15) is 6.33 Å². The highest BCUT2D eigenvalue weighted by atomic mass is 14.8. The Morgan fingerprint density at radius 2 is 2.36 bits per heavy atom. The second-order valence-electron chi connectivity index (χ2n) is 3.26. The average Bonchev–Trinajstić information content (AvgIpc) is 2.87. The molecule has 0 aliphatic heterocycles. The van der Waals surface area contributed by atoms with E-state index in [1.54, 1.807) is 6.33 Å². The molecule has 0 aromatic carbocycles. The molecule has 1 aromatic rings. The van der Waals surface area contributed by atoms with Gasteiger partial charge in [-0.05, 0) is 24.8 Å². The summed E-state index contributed by atoms with van der Waals surface area (Å²) in [7, 11) is 0. The summed E-state index contributed by atoms with van der Waals surface area (Å²) in [6.45, 7) is 2.25. The van der Waals surface area contributed by atoms with E-state index < -0.39 is 0 Å². The van der Waals surface area contributed by atoms with Crippen LogP contribution >= 0.6 is 0 Å². The Balaban J connectivity index is 2.15. The summed E-state index contributed by atoms with van der Waals surface area (Å²) >= 11 is 0. The second-order valence-corrected chi connectivity index (χ2v) is 3.26. The fourth-order valence-corrected chi connectivity index (χ4v) is 1.41. The third-order valence-electron chi connectivity index (χ3n) is 2.40. The predicted molar refractivity (Wildman–Crippen MR) is 43.2 cm³/mol. The summed E-state index contributed by atoms with van der Waals surface area (Å²) in [6.07, 6.45) is 6.21. The molecule has 2 rings (SSSR count). The van der Waals surface area contributed by atoms with E-state index in [4.69, 9.17) is 0 Å². The van der Waals surface area contributed by atoms with Crippen molar-refractivity contribution in [1.82, 2.24) is 9.97 Å². The molecule has 0 unspecified atom stereocenters. The molecule has 0 amide bonds. The molecule has 0 radical (unpaired) electrons. The van der Waals surface area contributed by atoms with Gasteiger partial charge in [0, 0.05) is 17.8 Å². The van der Waals surface area contributed by atoms with Gasteiger partial charge in [0.05, 0.1) is 0 Å². The maximum Gasteiger partial charge on any atom is 0.115 e. The van der Waals surface area contributed by atoms with E-state index >= 15 is 0 Å². The van der Waals surface area contributed by atoms with Crippen LogP contribution in [-0.2, 0) is 0 Å². The van der Waals surface area contributed by atoms with E-state index in [0.29, 0.717) is 5.92 Å². The minimum atomic E-state index is 0.637. The van der Waals surface area contributed by atoms with Crippen molar-refractivity contribution in [2.24, 2.45) is 5.92 Å². The van der Waals surface area contributed by atoms with Gasteiger partial charge in [0.25, 0.3) is 0 Å². The first-order chi connectivity index (χ1) is 5.38. The van der Waals surface area contributed by atoms with Crippen molar-refractivity contribution in [3.63, 3.8) is 0 Å². The Labute approximate surface area is 66.7 Å². The molecule has 2 heteroatoms. The number of hydrogen-bond acceptors (Lipinski definition) is 2. The van der Waals surface area contributed by atoms with Crippen molar-refractivity contribution in [2.75, 3.05) is 0 Å². The Bertz CT molecular complexity index is 229. The third-order valence-corrected chi connectivity index (χ3v) is 2.40. The van der Waals surface area contributed by atoms with Gasteiger partial charge < -0.3 is 0 Å². The molecular formula is C9H12N2. The van der Waals surface area contributed by atoms with Crippen molar-refractivity contribution in [3.05, 3.63) is 24.3 Å². The third kappa shape index (κ3) is 1.39. The number of nitrogens with zero attached hydrogens (tertiary/aromatic N) is 2. The largest absolute Gasteiger partial charge is 0.245 e. The Morgan fingerprint density at radius 1 is 1.55 bits per heavy atom. The lowest BCUT2D eigenvalue weighted by molar-refractivity contribution is 0.641. The Morgan fingerprint density at radius 3 is 2.91 bits per heavy atom. The lowest BCUT2D eigenvalue weighted by Gasteiger charge is -2.06. The first-order valence-electron chi connectivity index (χ1n) is 4.14. The van der Waals surface area contributed by atoms with E-state index in [0.717, 1.165) is 5.92 Å². The molecule has 1 aromatic heterocycles. The van der Waals surface area contributed by atoms with E-state index in [2.05, 4.69) is 16.9 Å². The summed E-state index contributed by atoms with van der Waals surface area (Å²) in [5, 5.41) is 0. The van der Waals surface area contributed by atoms with Crippen LogP contribution in [0, 0.1) is 5.92 Å². The first-order valence-corrected chi connectivity index (χ1v) is 4.14. The quantitative estimate of drug-likeness (QED) is 0.641. The number of aromatic nitrogens is 2. The van der Waals surface area contributed by atoms with Crippen LogP contribution in [0.2, 0.25) is 0 Å². The summed E-state index contributed by atoms with van der Waals surface area (Å²) < 4.78 is 0. The maximum absolute atomic E-state index is 4.23. The Kier molecular flexibility index (Phi) is 1.60. The standard InChI is InChI=1S/C9H12N2/c1-7(8-2-3-8)9-4-5-10-6-11-9/h4-8H,2-3H2,1H3/t7-/m0/s1. The lowest BCUT2D eigenvalue weighted by Crippen LogP contribution is -1.98. The molecule has 1 aliphatic rings. The first kappa shape index (κ1) is 6.77. The van der Waals surface area contributed by atoms with Gasteiger partial charge in [-0.1, -0.05) is 6.92 Å². The van der Waals surface area contributed by atoms with Crippen LogP contribution in [0.3, 0.4) is 0 Å². The normalized spacial score (nSPS) is 19.7. The summed E-state index contributed by atoms with van der Waals surface area (Å²) in [5.41, 5.74) is 1.20. The highest BCUT2D eigenvalue weighted by Crippen LogP contribution is 2.41. The molecule has 0 bridgehead atoms. The number of rotatable bonds is 2. The van der Waals surface area contributed by atoms with Crippen LogP contribution in [0.4, 0.5) is 0 Å². The fourth-order valence-electron chi connectivity index (χ4n) is 1.41. The second kappa shape index (κ2) is 2.61. The van der Waals surface area contributed by atoms with Gasteiger partial charge in [-0.3, -0.25) is 0 Å². The van der Waals surface area contributed by atoms with E-state index in [1.807, 2.05) is 12.3 Å². The van der Waals surface area contributed by atoms with E-state index in [-0.39, 0.29) is 0 Å². The zero-order chi connectivity index (χ0) is 7.68. The fraction of sp³-hybridized carbons (Fsp3) is 0.556. The van der Waals surface area contributed by atoms with E-state index in [1.165, 1.54) is 18.5 Å². The smallest absolute Gasteiger partial charge is 0.115 e. The molecule has 1 atom stereocenters. The molecule has 1 saturated carbocycles. The Hall–Kier alpha value is -0.920. The van der Waals surface area contributed by atoms with Crippen molar-refractivity contribution in [2.45, 2.75) is 25.7 Å². The van der Waals surface area contributed by atoms with Crippen molar-refractivity contribution >= 4 is 0 Å². The van der Waals surface area contributed by atoms with Crippen LogP contribution in [0.25, 0.3) is 0 Å². The lowest BCUT2D eigenvalue weighted by atomic mass is 10.0. The van der Waals surface area contributed by atoms with Crippen molar-refractivity contribution < 1.29 is 0 Å². The zero-order valence-corrected chi connectivity index (χ0v) is 6.70. The summed E-state index contributed by atoms with van der Waals surface area (Å²) in [6, 6.07) is 2.02. The molecular weight excluding hydrogens is 136 g/mol. The van der Waals surface area contributed by atoms with Crippen LogP contribution in [-0.4, -0.2) is 9.97 Å². The van der Waals surface area contributed by atoms with Gasteiger partial charge in [-0.25, -0.2) is 9.97 Å². The molecule has 0 spiro atoms. The van der Waals surface area contributed by atoms with Crippen LogP contribution in [0.1, 0.15) is 31.4 Å². The SMILES string of the molecule is C[C@H](c1ccncn1)C1CC1. The molecule has 2 nitrogen and oxygen atoms in total. The van der Waals surface area contributed by atoms with Crippen molar-refractivity contribution in [3.8, 4) is 0 Å². The monoisotopic (exact) mass is 148 g/mol. The van der Waals surface area contributed by atoms with Crippen LogP contribution in [0.15, 0.2) is 18.6 Å². The molecule has 1 heterocycles. The summed E-state index contributed by atoms with van der Waals surface area (Å²) in [5.74, 6) is 1.53. The zero-order valence-electron chi connectivity index (χ0n) is 6.70. The van der Waals surface area contributed by atoms with Gasteiger partial charge in [-0.15, -0.1) is 0 Å². The minimum Gasteiger partial charge on any atom is -0.245 e. The molecule has 0 N–H and O–H groups in total. The van der Waals surface area contributed by atoms with Crippen LogP contribution < -0.4 is 0 Å². The maximum atomic E-state index is 4.23. The summed E-state index contributed by atoms with van der Waals surface area (Å²) in [4.78, 5) is 8.13. The van der Waals surface area contributed by atoms with Gasteiger partial charge >= 0.3 is 0 Å². The predicted octanol–water partition coefficient (Wildman–Crippen LogP) is 1.99. The van der Waals surface area contributed by atoms with Crippen molar-refractivity contribution in [1.29, 1.82) is 0 Å². The van der Waals surface area contributed by atoms with Gasteiger partial charge in [-0.2, -0.15) is 0 Å². The highest BCUT2D eigenvalue weighted by Gasteiger charge is 2.29. The van der Waals surface area contributed by atoms with Gasteiger partial charge in [0.2, 0.25) is 0 Å². The van der Waals surface area contributed by atoms with Gasteiger partial charge in [0.15, 0.2) is 0 Å². The topological polar surface area (TPSA) is 25.8 Å². The molecule has 1 aliphatic carbocycles. The molecule has 0 saturated heterocycles. The van der Waals surface area contributed by atoms with E-state index in [9.17, 15) is 0 Å². The molecule has 58 valence electrons. The number of hydrogen-bond donors (Lipinski definition) is 0. The van der Waals surface area contributed by atoms with Crippen LogP contribution in [0.5, 0.6) is 0 Å². The average molecular weight is 148 g/mol. The molecule has 11 heavy (non-hydrogen) atoms.